The number of benzene rings is 1. The van der Waals surface area contributed by atoms with E-state index in [1.54, 1.807) is 0 Å². The van der Waals surface area contributed by atoms with E-state index in [-0.39, 0.29) is 0 Å². The average molecular weight is 254 g/mol. The maximum absolute atomic E-state index is 5.57. The number of fused-ring (bicyclic) bond motifs is 1. The Balaban J connectivity index is 2.09. The Morgan fingerprint density at radius 1 is 1.21 bits per heavy atom. The first-order valence-corrected chi connectivity index (χ1v) is 6.87. The van der Waals surface area contributed by atoms with Crippen molar-refractivity contribution < 1.29 is 4.74 Å². The van der Waals surface area contributed by atoms with E-state index in [0.29, 0.717) is 6.61 Å². The Labute approximate surface area is 113 Å². The summed E-state index contributed by atoms with van der Waals surface area (Å²) >= 11 is 0. The van der Waals surface area contributed by atoms with Gasteiger partial charge in [-0.25, -0.2) is 9.97 Å². The van der Waals surface area contributed by atoms with Crippen molar-refractivity contribution >= 4 is 0 Å². The normalized spacial score (nSPS) is 13.4. The van der Waals surface area contributed by atoms with Crippen LogP contribution in [0.1, 0.15) is 30.4 Å². The number of rotatable bonds is 3. The molecule has 0 aliphatic heterocycles. The van der Waals surface area contributed by atoms with Gasteiger partial charge >= 0.3 is 0 Å². The minimum absolute atomic E-state index is 0.685. The molecule has 0 amide bonds. The monoisotopic (exact) mass is 254 g/mol. The second-order valence-electron chi connectivity index (χ2n) is 4.86. The van der Waals surface area contributed by atoms with E-state index in [0.717, 1.165) is 35.7 Å². The number of ether oxygens (including phenoxy) is 1. The van der Waals surface area contributed by atoms with Crippen LogP contribution in [0.15, 0.2) is 24.3 Å². The SMILES string of the molecule is CCOc1cccc(-c2nc(C)nc3c2CCC3)c1. The first-order chi connectivity index (χ1) is 9.28. The molecule has 1 aromatic carbocycles. The van der Waals surface area contributed by atoms with Crippen molar-refractivity contribution in [3.63, 3.8) is 0 Å². The topological polar surface area (TPSA) is 35.0 Å². The third kappa shape index (κ3) is 2.33. The van der Waals surface area contributed by atoms with Gasteiger partial charge in [0.1, 0.15) is 11.6 Å². The predicted octanol–water partition coefficient (Wildman–Crippen LogP) is 3.34. The Hall–Kier alpha value is -1.90. The van der Waals surface area contributed by atoms with Gasteiger partial charge in [0.15, 0.2) is 0 Å². The Kier molecular flexibility index (Phi) is 3.20. The maximum atomic E-state index is 5.57. The highest BCUT2D eigenvalue weighted by atomic mass is 16.5. The molecule has 1 heterocycles. The molecule has 1 aliphatic rings. The lowest BCUT2D eigenvalue weighted by Gasteiger charge is -2.10. The van der Waals surface area contributed by atoms with Crippen LogP contribution in [0.25, 0.3) is 11.3 Å². The quantitative estimate of drug-likeness (QED) is 0.842. The molecule has 0 fully saturated rings. The fraction of sp³-hybridized carbons (Fsp3) is 0.375. The van der Waals surface area contributed by atoms with Crippen LogP contribution in [-0.2, 0) is 12.8 Å². The summed E-state index contributed by atoms with van der Waals surface area (Å²) in [6.07, 6.45) is 3.35. The molecular formula is C16H18N2O. The van der Waals surface area contributed by atoms with Crippen LogP contribution in [0, 0.1) is 6.92 Å². The third-order valence-electron chi connectivity index (χ3n) is 3.46. The Morgan fingerprint density at radius 2 is 2.11 bits per heavy atom. The van der Waals surface area contributed by atoms with Crippen LogP contribution in [0.3, 0.4) is 0 Å². The van der Waals surface area contributed by atoms with E-state index in [2.05, 4.69) is 22.1 Å². The van der Waals surface area contributed by atoms with Crippen molar-refractivity contribution in [3.05, 3.63) is 41.3 Å². The fourth-order valence-corrected chi connectivity index (χ4v) is 2.69. The molecule has 1 aliphatic carbocycles. The lowest BCUT2D eigenvalue weighted by atomic mass is 10.0. The Morgan fingerprint density at radius 3 is 2.95 bits per heavy atom. The van der Waals surface area contributed by atoms with E-state index in [1.165, 1.54) is 17.7 Å². The molecule has 0 radical (unpaired) electrons. The van der Waals surface area contributed by atoms with Gasteiger partial charge in [-0.2, -0.15) is 0 Å². The first-order valence-electron chi connectivity index (χ1n) is 6.87. The van der Waals surface area contributed by atoms with Gasteiger partial charge in [-0.15, -0.1) is 0 Å². The maximum Gasteiger partial charge on any atom is 0.126 e. The van der Waals surface area contributed by atoms with Crippen molar-refractivity contribution in [2.45, 2.75) is 33.1 Å². The van der Waals surface area contributed by atoms with E-state index >= 15 is 0 Å². The highest BCUT2D eigenvalue weighted by Gasteiger charge is 2.19. The fourth-order valence-electron chi connectivity index (χ4n) is 2.69. The van der Waals surface area contributed by atoms with Crippen molar-refractivity contribution in [3.8, 4) is 17.0 Å². The molecule has 0 bridgehead atoms. The standard InChI is InChI=1S/C16H18N2O/c1-3-19-13-7-4-6-12(10-13)16-14-8-5-9-15(14)17-11(2)18-16/h4,6-7,10H,3,5,8-9H2,1-2H3. The zero-order chi connectivity index (χ0) is 13.2. The zero-order valence-electron chi connectivity index (χ0n) is 11.4. The summed E-state index contributed by atoms with van der Waals surface area (Å²) in [4.78, 5) is 9.21. The Bertz CT molecular complexity index is 608. The van der Waals surface area contributed by atoms with Gasteiger partial charge in [0.2, 0.25) is 0 Å². The van der Waals surface area contributed by atoms with Gasteiger partial charge < -0.3 is 4.74 Å². The van der Waals surface area contributed by atoms with Crippen LogP contribution in [-0.4, -0.2) is 16.6 Å². The lowest BCUT2D eigenvalue weighted by Crippen LogP contribution is -2.00. The van der Waals surface area contributed by atoms with E-state index in [1.807, 2.05) is 26.0 Å². The molecule has 0 saturated carbocycles. The molecular weight excluding hydrogens is 236 g/mol. The number of hydrogen-bond acceptors (Lipinski definition) is 3. The van der Waals surface area contributed by atoms with Gasteiger partial charge in [0.05, 0.1) is 12.3 Å². The molecule has 0 unspecified atom stereocenters. The number of aromatic nitrogens is 2. The number of aryl methyl sites for hydroxylation is 2. The van der Waals surface area contributed by atoms with Crippen LogP contribution in [0.5, 0.6) is 5.75 Å². The third-order valence-corrected chi connectivity index (χ3v) is 3.46. The zero-order valence-corrected chi connectivity index (χ0v) is 11.4. The minimum atomic E-state index is 0.685. The van der Waals surface area contributed by atoms with Gasteiger partial charge in [-0.1, -0.05) is 12.1 Å². The molecule has 0 saturated heterocycles. The van der Waals surface area contributed by atoms with Crippen LogP contribution < -0.4 is 4.74 Å². The molecule has 1 aromatic heterocycles. The predicted molar refractivity (Wildman–Crippen MR) is 75.4 cm³/mol. The highest BCUT2D eigenvalue weighted by molar-refractivity contribution is 5.66. The summed E-state index contributed by atoms with van der Waals surface area (Å²) < 4.78 is 5.57. The van der Waals surface area contributed by atoms with Crippen molar-refractivity contribution in [2.75, 3.05) is 6.61 Å². The molecule has 19 heavy (non-hydrogen) atoms. The molecule has 3 heteroatoms. The summed E-state index contributed by atoms with van der Waals surface area (Å²) in [5.74, 6) is 1.76. The second-order valence-corrected chi connectivity index (χ2v) is 4.86. The summed E-state index contributed by atoms with van der Waals surface area (Å²) in [6.45, 7) is 4.65. The van der Waals surface area contributed by atoms with E-state index in [9.17, 15) is 0 Å². The van der Waals surface area contributed by atoms with Gasteiger partial charge in [0.25, 0.3) is 0 Å². The minimum Gasteiger partial charge on any atom is -0.494 e. The van der Waals surface area contributed by atoms with Crippen LogP contribution >= 0.6 is 0 Å². The summed E-state index contributed by atoms with van der Waals surface area (Å²) in [5.41, 5.74) is 4.76. The van der Waals surface area contributed by atoms with Crippen LogP contribution in [0.2, 0.25) is 0 Å². The van der Waals surface area contributed by atoms with Crippen molar-refractivity contribution in [1.29, 1.82) is 0 Å². The lowest BCUT2D eigenvalue weighted by molar-refractivity contribution is 0.340. The summed E-state index contributed by atoms with van der Waals surface area (Å²) in [7, 11) is 0. The van der Waals surface area contributed by atoms with E-state index in [4.69, 9.17) is 4.74 Å². The molecule has 98 valence electrons. The van der Waals surface area contributed by atoms with Crippen molar-refractivity contribution in [1.82, 2.24) is 9.97 Å². The number of hydrogen-bond donors (Lipinski definition) is 0. The number of nitrogens with zero attached hydrogens (tertiary/aromatic N) is 2. The molecule has 3 rings (SSSR count). The molecule has 3 nitrogen and oxygen atoms in total. The van der Waals surface area contributed by atoms with Gasteiger partial charge in [0, 0.05) is 16.8 Å². The van der Waals surface area contributed by atoms with Crippen LogP contribution in [0.4, 0.5) is 0 Å². The molecule has 0 spiro atoms. The largest absolute Gasteiger partial charge is 0.494 e. The summed E-state index contributed by atoms with van der Waals surface area (Å²) in [5, 5.41) is 0. The molecule has 2 aromatic rings. The molecule has 0 N–H and O–H groups in total. The first kappa shape index (κ1) is 12.2. The van der Waals surface area contributed by atoms with E-state index < -0.39 is 0 Å². The highest BCUT2D eigenvalue weighted by Crippen LogP contribution is 2.31. The molecule has 0 atom stereocenters. The summed E-state index contributed by atoms with van der Waals surface area (Å²) in [6, 6.07) is 8.19. The van der Waals surface area contributed by atoms with Gasteiger partial charge in [-0.3, -0.25) is 0 Å². The average Bonchev–Trinajstić information content (AvgIpc) is 2.86. The van der Waals surface area contributed by atoms with Crippen molar-refractivity contribution in [2.24, 2.45) is 0 Å². The van der Waals surface area contributed by atoms with Gasteiger partial charge in [-0.05, 0) is 45.2 Å². The smallest absolute Gasteiger partial charge is 0.126 e. The second kappa shape index (κ2) is 5.00.